The Hall–Kier alpha value is -3.15. The van der Waals surface area contributed by atoms with Crippen molar-refractivity contribution >= 4 is 29.1 Å². The molecule has 0 radical (unpaired) electrons. The number of aryl methyl sites for hydroxylation is 1. The Morgan fingerprint density at radius 2 is 1.45 bits per heavy atom. The van der Waals surface area contributed by atoms with Gasteiger partial charge < -0.3 is 9.80 Å². The van der Waals surface area contributed by atoms with Crippen LogP contribution >= 0.6 is 0 Å². The smallest absolute Gasteiger partial charge is 0.253 e. The van der Waals surface area contributed by atoms with Crippen molar-refractivity contribution in [1.29, 1.82) is 0 Å². The quantitative estimate of drug-likeness (QED) is 0.670. The average molecular weight is 446 g/mol. The van der Waals surface area contributed by atoms with Gasteiger partial charge >= 0.3 is 0 Å². The lowest BCUT2D eigenvalue weighted by atomic mass is 9.81. The highest BCUT2D eigenvalue weighted by Gasteiger charge is 2.48. The van der Waals surface area contributed by atoms with Gasteiger partial charge in [-0.25, -0.2) is 0 Å². The van der Waals surface area contributed by atoms with Gasteiger partial charge in [-0.2, -0.15) is 0 Å². The third-order valence-corrected chi connectivity index (χ3v) is 7.49. The van der Waals surface area contributed by atoms with Crippen LogP contribution in [0.4, 0.5) is 11.4 Å². The number of rotatable bonds is 4. The molecule has 0 N–H and O–H groups in total. The number of nitrogens with zero attached hydrogens (tertiary/aromatic N) is 3. The molecule has 3 fully saturated rings. The van der Waals surface area contributed by atoms with Gasteiger partial charge in [-0.05, 0) is 55.2 Å². The molecule has 0 aromatic heterocycles. The van der Waals surface area contributed by atoms with Crippen LogP contribution < -0.4 is 9.80 Å². The second kappa shape index (κ2) is 9.00. The van der Waals surface area contributed by atoms with Crippen molar-refractivity contribution in [1.82, 2.24) is 4.90 Å². The molecule has 3 aliphatic rings. The van der Waals surface area contributed by atoms with Gasteiger partial charge in [0.15, 0.2) is 0 Å². The summed E-state index contributed by atoms with van der Waals surface area (Å²) in [5.41, 5.74) is 3.77. The Balaban J connectivity index is 1.24. The molecule has 3 amide bonds. The molecule has 2 unspecified atom stereocenters. The van der Waals surface area contributed by atoms with Gasteiger partial charge in [-0.15, -0.1) is 0 Å². The third-order valence-electron chi connectivity index (χ3n) is 7.49. The topological polar surface area (TPSA) is 60.9 Å². The SMILES string of the molecule is CCc1ccccc1N1CCN(C(=O)c2ccc(N3C(=O)C4CCCCC4C3=O)cc2)CC1. The monoisotopic (exact) mass is 445 g/mol. The molecule has 5 rings (SSSR count). The fourth-order valence-electron chi connectivity index (χ4n) is 5.62. The predicted octanol–water partition coefficient (Wildman–Crippen LogP) is 3.89. The minimum atomic E-state index is -0.165. The second-order valence-electron chi connectivity index (χ2n) is 9.32. The van der Waals surface area contributed by atoms with Crippen molar-refractivity contribution in [3.63, 3.8) is 0 Å². The maximum absolute atomic E-state index is 13.1. The van der Waals surface area contributed by atoms with Gasteiger partial charge in [0.1, 0.15) is 0 Å². The fourth-order valence-corrected chi connectivity index (χ4v) is 5.62. The van der Waals surface area contributed by atoms with Gasteiger partial charge in [0.25, 0.3) is 5.91 Å². The summed E-state index contributed by atoms with van der Waals surface area (Å²) in [6, 6.07) is 15.5. The summed E-state index contributed by atoms with van der Waals surface area (Å²) in [4.78, 5) is 44.4. The van der Waals surface area contributed by atoms with Gasteiger partial charge in [-0.1, -0.05) is 38.0 Å². The summed E-state index contributed by atoms with van der Waals surface area (Å²) in [7, 11) is 0. The Morgan fingerprint density at radius 3 is 2.06 bits per heavy atom. The molecule has 2 atom stereocenters. The van der Waals surface area contributed by atoms with Crippen LogP contribution in [0.2, 0.25) is 0 Å². The Kier molecular flexibility index (Phi) is 5.92. The van der Waals surface area contributed by atoms with E-state index in [0.29, 0.717) is 24.3 Å². The molecule has 2 aliphatic heterocycles. The number of amides is 3. The maximum atomic E-state index is 13.1. The van der Waals surface area contributed by atoms with Gasteiger partial charge in [0.2, 0.25) is 11.8 Å². The van der Waals surface area contributed by atoms with Crippen molar-refractivity contribution in [2.45, 2.75) is 39.0 Å². The number of fused-ring (bicyclic) bond motifs is 1. The van der Waals surface area contributed by atoms with Crippen LogP contribution in [0.3, 0.4) is 0 Å². The highest BCUT2D eigenvalue weighted by molar-refractivity contribution is 6.22. The average Bonchev–Trinajstić information content (AvgIpc) is 3.13. The van der Waals surface area contributed by atoms with Crippen molar-refractivity contribution in [3.05, 3.63) is 59.7 Å². The maximum Gasteiger partial charge on any atom is 0.253 e. The van der Waals surface area contributed by atoms with Crippen molar-refractivity contribution in [2.75, 3.05) is 36.0 Å². The zero-order valence-corrected chi connectivity index (χ0v) is 19.2. The first-order valence-electron chi connectivity index (χ1n) is 12.2. The Labute approximate surface area is 195 Å². The molecule has 6 heteroatoms. The summed E-state index contributed by atoms with van der Waals surface area (Å²) in [5.74, 6) is -0.486. The molecule has 2 aromatic rings. The number of imide groups is 1. The lowest BCUT2D eigenvalue weighted by Crippen LogP contribution is -2.49. The number of piperazine rings is 1. The lowest BCUT2D eigenvalue weighted by molar-refractivity contribution is -0.122. The number of hydrogen-bond acceptors (Lipinski definition) is 4. The first kappa shape index (κ1) is 21.7. The number of hydrogen-bond donors (Lipinski definition) is 0. The zero-order chi connectivity index (χ0) is 22.9. The zero-order valence-electron chi connectivity index (χ0n) is 19.2. The largest absolute Gasteiger partial charge is 0.368 e. The van der Waals surface area contributed by atoms with Gasteiger partial charge in [0.05, 0.1) is 17.5 Å². The number of carbonyl (C=O) groups is 3. The normalized spacial score (nSPS) is 23.1. The van der Waals surface area contributed by atoms with Crippen LogP contribution in [-0.4, -0.2) is 48.8 Å². The van der Waals surface area contributed by atoms with Crippen LogP contribution in [0.25, 0.3) is 0 Å². The van der Waals surface area contributed by atoms with Crippen LogP contribution in [0.1, 0.15) is 48.5 Å². The first-order chi connectivity index (χ1) is 16.1. The predicted molar refractivity (Wildman–Crippen MR) is 128 cm³/mol. The molecule has 6 nitrogen and oxygen atoms in total. The molecule has 1 aliphatic carbocycles. The number of para-hydroxylation sites is 1. The number of anilines is 2. The van der Waals surface area contributed by atoms with E-state index in [1.807, 2.05) is 4.90 Å². The second-order valence-corrected chi connectivity index (χ2v) is 9.32. The molecule has 1 saturated carbocycles. The van der Waals surface area contributed by atoms with Crippen molar-refractivity contribution in [3.8, 4) is 0 Å². The van der Waals surface area contributed by atoms with Crippen LogP contribution in [0, 0.1) is 11.8 Å². The van der Waals surface area contributed by atoms with E-state index < -0.39 is 0 Å². The molecule has 33 heavy (non-hydrogen) atoms. The van der Waals surface area contributed by atoms with Crippen LogP contribution in [-0.2, 0) is 16.0 Å². The standard InChI is InChI=1S/C27H31N3O3/c1-2-19-7-3-6-10-24(19)28-15-17-29(18-16-28)25(31)20-11-13-21(14-12-20)30-26(32)22-8-4-5-9-23(22)27(30)33/h3,6-7,10-14,22-23H,2,4-5,8-9,15-18H2,1H3. The first-order valence-corrected chi connectivity index (χ1v) is 12.2. The van der Waals surface area contributed by atoms with E-state index >= 15 is 0 Å². The molecular formula is C27H31N3O3. The fraction of sp³-hybridized carbons (Fsp3) is 0.444. The summed E-state index contributed by atoms with van der Waals surface area (Å²) >= 11 is 0. The third kappa shape index (κ3) is 3.92. The summed E-state index contributed by atoms with van der Waals surface area (Å²) in [5, 5.41) is 0. The van der Waals surface area contributed by atoms with E-state index in [1.54, 1.807) is 24.3 Å². The molecule has 0 bridgehead atoms. The minimum absolute atomic E-state index is 0.00211. The lowest BCUT2D eigenvalue weighted by Gasteiger charge is -2.37. The molecule has 2 heterocycles. The molecule has 2 aromatic carbocycles. The van der Waals surface area contributed by atoms with Crippen molar-refractivity contribution < 1.29 is 14.4 Å². The molecule has 172 valence electrons. The van der Waals surface area contributed by atoms with E-state index in [-0.39, 0.29) is 29.6 Å². The van der Waals surface area contributed by atoms with Crippen LogP contribution in [0.15, 0.2) is 48.5 Å². The van der Waals surface area contributed by atoms with Gasteiger partial charge in [0, 0.05) is 37.4 Å². The summed E-state index contributed by atoms with van der Waals surface area (Å²) < 4.78 is 0. The van der Waals surface area contributed by atoms with E-state index in [0.717, 1.165) is 45.2 Å². The highest BCUT2D eigenvalue weighted by atomic mass is 16.2. The molecule has 0 spiro atoms. The van der Waals surface area contributed by atoms with E-state index in [1.165, 1.54) is 16.2 Å². The number of carbonyl (C=O) groups excluding carboxylic acids is 3. The van der Waals surface area contributed by atoms with Crippen molar-refractivity contribution in [2.24, 2.45) is 11.8 Å². The Morgan fingerprint density at radius 1 is 0.848 bits per heavy atom. The van der Waals surface area contributed by atoms with Crippen LogP contribution in [0.5, 0.6) is 0 Å². The summed E-state index contributed by atoms with van der Waals surface area (Å²) in [6.07, 6.45) is 4.62. The molecule has 2 saturated heterocycles. The van der Waals surface area contributed by atoms with E-state index in [9.17, 15) is 14.4 Å². The Bertz CT molecular complexity index is 1030. The van der Waals surface area contributed by atoms with E-state index in [4.69, 9.17) is 0 Å². The number of benzene rings is 2. The highest BCUT2D eigenvalue weighted by Crippen LogP contribution is 2.40. The molecular weight excluding hydrogens is 414 g/mol. The van der Waals surface area contributed by atoms with Gasteiger partial charge in [-0.3, -0.25) is 19.3 Å². The van der Waals surface area contributed by atoms with E-state index in [2.05, 4.69) is 36.1 Å². The summed E-state index contributed by atoms with van der Waals surface area (Å²) in [6.45, 7) is 5.12. The minimum Gasteiger partial charge on any atom is -0.368 e.